The van der Waals surface area contributed by atoms with Crippen molar-refractivity contribution in [3.63, 3.8) is 0 Å². The minimum Gasteiger partial charge on any atom is -0.484 e. The van der Waals surface area contributed by atoms with Crippen molar-refractivity contribution in [2.45, 2.75) is 26.9 Å². The molecule has 0 N–H and O–H groups in total. The van der Waals surface area contributed by atoms with Gasteiger partial charge < -0.3 is 9.64 Å². The molecule has 0 radical (unpaired) electrons. The fourth-order valence-corrected chi connectivity index (χ4v) is 3.25. The Bertz CT molecular complexity index is 965. The molecule has 0 spiro atoms. The van der Waals surface area contributed by atoms with Gasteiger partial charge in [-0.2, -0.15) is 10.2 Å². The zero-order valence-electron chi connectivity index (χ0n) is 16.5. The highest BCUT2D eigenvalue weighted by molar-refractivity contribution is 6.31. The Hall–Kier alpha value is -2.80. The van der Waals surface area contributed by atoms with E-state index < -0.39 is 0 Å². The van der Waals surface area contributed by atoms with Gasteiger partial charge in [0.15, 0.2) is 6.61 Å². The highest BCUT2D eigenvalue weighted by Gasteiger charge is 2.21. The highest BCUT2D eigenvalue weighted by atomic mass is 35.5. The maximum absolute atomic E-state index is 13.0. The largest absolute Gasteiger partial charge is 0.484 e. The summed E-state index contributed by atoms with van der Waals surface area (Å²) in [7, 11) is 3.70. The molecule has 3 aromatic rings. The summed E-state index contributed by atoms with van der Waals surface area (Å²) in [4.78, 5) is 14.7. The predicted octanol–water partition coefficient (Wildman–Crippen LogP) is 3.03. The number of amides is 1. The first kappa shape index (κ1) is 19.9. The highest BCUT2D eigenvalue weighted by Crippen LogP contribution is 2.20. The first-order valence-electron chi connectivity index (χ1n) is 8.98. The lowest BCUT2D eigenvalue weighted by atomic mass is 10.1. The van der Waals surface area contributed by atoms with Crippen LogP contribution in [0.5, 0.6) is 5.75 Å². The third-order valence-electron chi connectivity index (χ3n) is 4.66. The maximum Gasteiger partial charge on any atom is 0.261 e. The molecule has 2 aromatic heterocycles. The first-order valence-corrected chi connectivity index (χ1v) is 9.35. The SMILES string of the molecule is Cc1nn(C)c(C)c1CN(Cc1nn(C)cc1Cl)C(=O)COc1ccccc1. The molecule has 7 nitrogen and oxygen atoms in total. The van der Waals surface area contributed by atoms with Crippen LogP contribution in [0.1, 0.15) is 22.6 Å². The van der Waals surface area contributed by atoms with Crippen LogP contribution in [0.2, 0.25) is 5.02 Å². The van der Waals surface area contributed by atoms with E-state index in [9.17, 15) is 4.79 Å². The number of para-hydroxylation sites is 1. The molecule has 0 bridgehead atoms. The number of nitrogens with zero attached hydrogens (tertiary/aromatic N) is 5. The molecule has 0 aliphatic rings. The van der Waals surface area contributed by atoms with Crippen LogP contribution in [0.4, 0.5) is 0 Å². The lowest BCUT2D eigenvalue weighted by Crippen LogP contribution is -2.34. The second-order valence-corrected chi connectivity index (χ2v) is 7.13. The number of rotatable bonds is 7. The van der Waals surface area contributed by atoms with Crippen LogP contribution in [0.25, 0.3) is 0 Å². The number of hydrogen-bond donors (Lipinski definition) is 0. The summed E-state index contributed by atoms with van der Waals surface area (Å²) < 4.78 is 9.12. The van der Waals surface area contributed by atoms with Crippen molar-refractivity contribution in [2.24, 2.45) is 14.1 Å². The molecule has 148 valence electrons. The minimum absolute atomic E-state index is 0.0627. The lowest BCUT2D eigenvalue weighted by Gasteiger charge is -2.22. The minimum atomic E-state index is -0.145. The van der Waals surface area contributed by atoms with Gasteiger partial charge in [0, 0.05) is 38.1 Å². The van der Waals surface area contributed by atoms with Gasteiger partial charge in [-0.15, -0.1) is 0 Å². The molecule has 2 heterocycles. The number of benzene rings is 1. The van der Waals surface area contributed by atoms with Crippen LogP contribution in [0, 0.1) is 13.8 Å². The summed E-state index contributed by atoms with van der Waals surface area (Å²) in [6.07, 6.45) is 1.72. The molecule has 3 rings (SSSR count). The molecule has 0 saturated carbocycles. The molecule has 8 heteroatoms. The van der Waals surface area contributed by atoms with Gasteiger partial charge in [0.25, 0.3) is 5.91 Å². The van der Waals surface area contributed by atoms with E-state index in [2.05, 4.69) is 10.2 Å². The summed E-state index contributed by atoms with van der Waals surface area (Å²) in [5.74, 6) is 0.508. The topological polar surface area (TPSA) is 65.2 Å². The van der Waals surface area contributed by atoms with Crippen molar-refractivity contribution in [3.8, 4) is 5.75 Å². The molecule has 28 heavy (non-hydrogen) atoms. The molecular weight excluding hydrogens is 378 g/mol. The maximum atomic E-state index is 13.0. The van der Waals surface area contributed by atoms with Crippen molar-refractivity contribution in [3.05, 3.63) is 64.2 Å². The third kappa shape index (κ3) is 4.54. The van der Waals surface area contributed by atoms with E-state index in [1.165, 1.54) is 0 Å². The summed E-state index contributed by atoms with van der Waals surface area (Å²) in [5.41, 5.74) is 3.58. The molecule has 0 fully saturated rings. The molecule has 1 amide bonds. The van der Waals surface area contributed by atoms with Gasteiger partial charge in [-0.05, 0) is 26.0 Å². The Morgan fingerprint density at radius 3 is 2.43 bits per heavy atom. The normalized spacial score (nSPS) is 10.9. The van der Waals surface area contributed by atoms with E-state index in [1.807, 2.05) is 55.9 Å². The van der Waals surface area contributed by atoms with Gasteiger partial charge in [-0.1, -0.05) is 29.8 Å². The van der Waals surface area contributed by atoms with Crippen LogP contribution in [-0.2, 0) is 32.0 Å². The van der Waals surface area contributed by atoms with Gasteiger partial charge in [-0.25, -0.2) is 0 Å². The Morgan fingerprint density at radius 2 is 1.86 bits per heavy atom. The van der Waals surface area contributed by atoms with Crippen molar-refractivity contribution in [1.29, 1.82) is 0 Å². The number of aryl methyl sites for hydroxylation is 3. The second-order valence-electron chi connectivity index (χ2n) is 6.72. The van der Waals surface area contributed by atoms with Crippen LogP contribution < -0.4 is 4.74 Å². The van der Waals surface area contributed by atoms with Crippen molar-refractivity contribution in [1.82, 2.24) is 24.5 Å². The second kappa shape index (κ2) is 8.48. The Kier molecular flexibility index (Phi) is 6.04. The molecule has 0 aliphatic carbocycles. The number of ether oxygens (including phenoxy) is 1. The predicted molar refractivity (Wildman–Crippen MR) is 107 cm³/mol. The summed E-state index contributed by atoms with van der Waals surface area (Å²) in [6.45, 7) is 4.58. The average Bonchev–Trinajstić information content (AvgIpc) is 3.11. The average molecular weight is 402 g/mol. The molecule has 0 atom stereocenters. The third-order valence-corrected chi connectivity index (χ3v) is 4.98. The fraction of sp³-hybridized carbons (Fsp3) is 0.350. The number of aromatic nitrogens is 4. The monoisotopic (exact) mass is 401 g/mol. The molecular formula is C20H24ClN5O2. The van der Waals surface area contributed by atoms with Gasteiger partial charge in [0.05, 0.1) is 17.3 Å². The fourth-order valence-electron chi connectivity index (χ4n) is 3.02. The number of halogens is 1. The van der Waals surface area contributed by atoms with Crippen molar-refractivity contribution >= 4 is 17.5 Å². The van der Waals surface area contributed by atoms with E-state index in [0.717, 1.165) is 17.0 Å². The number of carbonyl (C=O) groups excluding carboxylic acids is 1. The number of hydrogen-bond acceptors (Lipinski definition) is 4. The first-order chi connectivity index (χ1) is 13.3. The molecule has 1 aromatic carbocycles. The summed E-state index contributed by atoms with van der Waals surface area (Å²) >= 11 is 6.27. The van der Waals surface area contributed by atoms with E-state index in [0.29, 0.717) is 29.6 Å². The quantitative estimate of drug-likeness (QED) is 0.610. The van der Waals surface area contributed by atoms with Gasteiger partial charge >= 0.3 is 0 Å². The smallest absolute Gasteiger partial charge is 0.261 e. The van der Waals surface area contributed by atoms with Gasteiger partial charge in [0.2, 0.25) is 0 Å². The summed E-state index contributed by atoms with van der Waals surface area (Å²) in [6, 6.07) is 9.28. The van der Waals surface area contributed by atoms with E-state index in [1.54, 1.807) is 22.8 Å². The van der Waals surface area contributed by atoms with E-state index in [-0.39, 0.29) is 12.5 Å². The van der Waals surface area contributed by atoms with E-state index in [4.69, 9.17) is 16.3 Å². The van der Waals surface area contributed by atoms with Crippen LogP contribution in [-0.4, -0.2) is 37.0 Å². The standard InChI is InChI=1S/C20H24ClN5O2/c1-14-17(15(2)25(4)22-14)10-26(12-19-18(21)11-24(3)23-19)20(27)13-28-16-8-6-5-7-9-16/h5-9,11H,10,12-13H2,1-4H3. The zero-order chi connectivity index (χ0) is 20.3. The number of carbonyl (C=O) groups is 1. The van der Waals surface area contributed by atoms with Crippen LogP contribution in [0.3, 0.4) is 0 Å². The van der Waals surface area contributed by atoms with Crippen LogP contribution in [0.15, 0.2) is 36.5 Å². The van der Waals surface area contributed by atoms with E-state index >= 15 is 0 Å². The Morgan fingerprint density at radius 1 is 1.14 bits per heavy atom. The lowest BCUT2D eigenvalue weighted by molar-refractivity contribution is -0.134. The molecule has 0 aliphatic heterocycles. The molecule has 0 unspecified atom stereocenters. The summed E-state index contributed by atoms with van der Waals surface area (Å²) in [5, 5.41) is 9.35. The Balaban J connectivity index is 1.80. The Labute approximate surface area is 169 Å². The van der Waals surface area contributed by atoms with Gasteiger partial charge in [-0.3, -0.25) is 14.2 Å². The van der Waals surface area contributed by atoms with Gasteiger partial charge in [0.1, 0.15) is 11.4 Å². The van der Waals surface area contributed by atoms with Crippen molar-refractivity contribution in [2.75, 3.05) is 6.61 Å². The van der Waals surface area contributed by atoms with Crippen LogP contribution >= 0.6 is 11.6 Å². The molecule has 0 saturated heterocycles. The zero-order valence-corrected chi connectivity index (χ0v) is 17.3. The van der Waals surface area contributed by atoms with Crippen molar-refractivity contribution < 1.29 is 9.53 Å².